The van der Waals surface area contributed by atoms with E-state index in [1.165, 1.54) is 6.08 Å². The Bertz CT molecular complexity index is 1850. The zero-order valence-electron chi connectivity index (χ0n) is 23.3. The number of hydrogen-bond donors (Lipinski definition) is 3. The van der Waals surface area contributed by atoms with Gasteiger partial charge in [-0.25, -0.2) is 4.98 Å². The van der Waals surface area contributed by atoms with Crippen LogP contribution in [0.1, 0.15) is 32.9 Å². The number of H-pyrrole nitrogens is 1. The number of ether oxygens (including phenoxy) is 1. The normalized spacial score (nSPS) is 11.2. The van der Waals surface area contributed by atoms with Crippen molar-refractivity contribution in [1.82, 2.24) is 20.6 Å². The summed E-state index contributed by atoms with van der Waals surface area (Å²) in [6.45, 7) is 2.22. The number of amides is 2. The van der Waals surface area contributed by atoms with Gasteiger partial charge in [0.2, 0.25) is 5.91 Å². The SMILES string of the molecule is CNC(=O)c1ccc(C=CC(=O)NCc2[nH]cc(Cl)c2-c2ccc(Cl)c(COc3cccc4ccc(C)nc34)c2Cl)cc1. The van der Waals surface area contributed by atoms with Gasteiger partial charge in [-0.2, -0.15) is 0 Å². The molecule has 0 aliphatic carbocycles. The maximum absolute atomic E-state index is 12.6. The molecule has 43 heavy (non-hydrogen) atoms. The molecule has 2 aromatic heterocycles. The minimum absolute atomic E-state index is 0.114. The van der Waals surface area contributed by atoms with Crippen molar-refractivity contribution in [2.45, 2.75) is 20.1 Å². The van der Waals surface area contributed by atoms with E-state index in [2.05, 4.69) is 20.6 Å². The molecule has 0 bridgehead atoms. The highest BCUT2D eigenvalue weighted by Crippen LogP contribution is 2.40. The average molecular weight is 634 g/mol. The number of halogens is 3. The fourth-order valence-corrected chi connectivity index (χ4v) is 5.42. The van der Waals surface area contributed by atoms with Gasteiger partial charge in [0, 0.05) is 63.4 Å². The van der Waals surface area contributed by atoms with Gasteiger partial charge in [0.15, 0.2) is 0 Å². The summed E-state index contributed by atoms with van der Waals surface area (Å²) in [5, 5.41) is 7.70. The van der Waals surface area contributed by atoms with Crippen LogP contribution in [0.4, 0.5) is 0 Å². The highest BCUT2D eigenvalue weighted by atomic mass is 35.5. The molecule has 0 aliphatic heterocycles. The summed E-state index contributed by atoms with van der Waals surface area (Å²) in [6.07, 6.45) is 4.74. The summed E-state index contributed by atoms with van der Waals surface area (Å²) in [5.41, 5.74) is 5.54. The molecule has 0 unspecified atom stereocenters. The molecule has 3 aromatic carbocycles. The third-order valence-corrected chi connectivity index (χ3v) is 7.91. The molecule has 2 amide bonds. The first-order chi connectivity index (χ1) is 20.7. The summed E-state index contributed by atoms with van der Waals surface area (Å²) in [6, 6.07) is 20.2. The Morgan fingerprint density at radius 3 is 2.53 bits per heavy atom. The molecular formula is C33H27Cl3N4O3. The fourth-order valence-electron chi connectivity index (χ4n) is 4.57. The maximum Gasteiger partial charge on any atom is 0.251 e. The molecule has 7 nitrogen and oxygen atoms in total. The average Bonchev–Trinajstić information content (AvgIpc) is 3.38. The van der Waals surface area contributed by atoms with Crippen LogP contribution in [0.2, 0.25) is 15.1 Å². The zero-order chi connectivity index (χ0) is 30.5. The molecule has 0 saturated carbocycles. The van der Waals surface area contributed by atoms with E-state index in [-0.39, 0.29) is 25.0 Å². The van der Waals surface area contributed by atoms with Crippen molar-refractivity contribution in [3.05, 3.63) is 122 Å². The quantitative estimate of drug-likeness (QED) is 0.145. The molecule has 5 rings (SSSR count). The third-order valence-electron chi connectivity index (χ3n) is 6.83. The Morgan fingerprint density at radius 2 is 1.77 bits per heavy atom. The first-order valence-electron chi connectivity index (χ1n) is 13.4. The van der Waals surface area contributed by atoms with E-state index in [4.69, 9.17) is 39.5 Å². The Kier molecular flexibility index (Phi) is 9.36. The summed E-state index contributed by atoms with van der Waals surface area (Å²) in [4.78, 5) is 32.1. The molecule has 10 heteroatoms. The topological polar surface area (TPSA) is 96.1 Å². The molecule has 5 aromatic rings. The molecule has 2 heterocycles. The van der Waals surface area contributed by atoms with Gasteiger partial charge in [-0.3, -0.25) is 9.59 Å². The van der Waals surface area contributed by atoms with Crippen LogP contribution in [0.25, 0.3) is 28.1 Å². The number of nitrogens with one attached hydrogen (secondary N) is 3. The minimum atomic E-state index is -0.303. The summed E-state index contributed by atoms with van der Waals surface area (Å²) in [5.74, 6) is 0.144. The molecule has 0 atom stereocenters. The number of fused-ring (bicyclic) bond motifs is 1. The van der Waals surface area contributed by atoms with E-state index < -0.39 is 0 Å². The van der Waals surface area contributed by atoms with Gasteiger partial charge in [0.05, 0.1) is 16.6 Å². The number of nitrogens with zero attached hydrogens (tertiary/aromatic N) is 1. The number of hydrogen-bond acceptors (Lipinski definition) is 4. The van der Waals surface area contributed by atoms with E-state index in [0.29, 0.717) is 48.8 Å². The van der Waals surface area contributed by atoms with Crippen molar-refractivity contribution in [2.75, 3.05) is 7.05 Å². The number of benzene rings is 3. The third kappa shape index (κ3) is 6.86. The standard InChI is InChI=1S/C33H27Cl3N4O3/c1-19-6-10-21-4-3-5-28(32(21)40-19)43-18-24-25(34)14-13-23(31(24)36)30-26(35)16-38-27(30)17-39-29(41)15-9-20-7-11-22(12-8-20)33(42)37-2/h3-16,38H,17-18H2,1-2H3,(H,37,42)(H,39,41). The number of aromatic nitrogens is 2. The Morgan fingerprint density at radius 1 is 0.977 bits per heavy atom. The lowest BCUT2D eigenvalue weighted by molar-refractivity contribution is -0.116. The van der Waals surface area contributed by atoms with E-state index in [0.717, 1.165) is 22.2 Å². The van der Waals surface area contributed by atoms with Crippen LogP contribution >= 0.6 is 34.8 Å². The Labute approximate surface area is 263 Å². The van der Waals surface area contributed by atoms with Crippen molar-refractivity contribution >= 4 is 63.6 Å². The molecule has 0 spiro atoms. The first-order valence-corrected chi connectivity index (χ1v) is 14.5. The molecule has 3 N–H and O–H groups in total. The number of aromatic amines is 1. The van der Waals surface area contributed by atoms with Crippen LogP contribution in [-0.4, -0.2) is 28.8 Å². The van der Waals surface area contributed by atoms with Gasteiger partial charge >= 0.3 is 0 Å². The van der Waals surface area contributed by atoms with E-state index >= 15 is 0 Å². The number of para-hydroxylation sites is 1. The lowest BCUT2D eigenvalue weighted by Crippen LogP contribution is -2.20. The Balaban J connectivity index is 1.31. The van der Waals surface area contributed by atoms with Gasteiger partial charge in [-0.1, -0.05) is 71.2 Å². The second-order valence-electron chi connectivity index (χ2n) is 9.70. The second kappa shape index (κ2) is 13.3. The van der Waals surface area contributed by atoms with Crippen LogP contribution in [0.3, 0.4) is 0 Å². The smallest absolute Gasteiger partial charge is 0.251 e. The fraction of sp³-hybridized carbons (Fsp3) is 0.121. The van der Waals surface area contributed by atoms with Crippen molar-refractivity contribution in [1.29, 1.82) is 0 Å². The number of rotatable bonds is 9. The Hall–Kier alpha value is -4.30. The van der Waals surface area contributed by atoms with Crippen LogP contribution in [-0.2, 0) is 17.9 Å². The van der Waals surface area contributed by atoms with E-state index in [9.17, 15) is 9.59 Å². The first kappa shape index (κ1) is 30.2. The van der Waals surface area contributed by atoms with Crippen LogP contribution < -0.4 is 15.4 Å². The summed E-state index contributed by atoms with van der Waals surface area (Å²) in [7, 11) is 1.57. The van der Waals surface area contributed by atoms with E-state index in [1.807, 2.05) is 37.3 Å². The van der Waals surface area contributed by atoms with Gasteiger partial charge in [0.25, 0.3) is 5.91 Å². The van der Waals surface area contributed by atoms with E-state index in [1.54, 1.807) is 55.7 Å². The number of pyridine rings is 1. The minimum Gasteiger partial charge on any atom is -0.487 e. The predicted octanol–water partition coefficient (Wildman–Crippen LogP) is 7.77. The summed E-state index contributed by atoms with van der Waals surface area (Å²) >= 11 is 20.1. The number of carbonyl (C=O) groups excluding carboxylic acids is 2. The molecule has 0 aliphatic rings. The van der Waals surface area contributed by atoms with Crippen molar-refractivity contribution in [3.8, 4) is 16.9 Å². The van der Waals surface area contributed by atoms with Gasteiger partial charge in [-0.15, -0.1) is 0 Å². The van der Waals surface area contributed by atoms with Crippen molar-refractivity contribution in [2.24, 2.45) is 0 Å². The van der Waals surface area contributed by atoms with Crippen LogP contribution in [0, 0.1) is 6.92 Å². The molecule has 0 fully saturated rings. The molecule has 0 radical (unpaired) electrons. The van der Waals surface area contributed by atoms with Crippen LogP contribution in [0.5, 0.6) is 5.75 Å². The highest BCUT2D eigenvalue weighted by molar-refractivity contribution is 6.39. The lowest BCUT2D eigenvalue weighted by atomic mass is 10.0. The molecule has 218 valence electrons. The zero-order valence-corrected chi connectivity index (χ0v) is 25.6. The monoisotopic (exact) mass is 632 g/mol. The van der Waals surface area contributed by atoms with Crippen molar-refractivity contribution in [3.63, 3.8) is 0 Å². The lowest BCUT2D eigenvalue weighted by Gasteiger charge is -2.15. The van der Waals surface area contributed by atoms with Gasteiger partial charge < -0.3 is 20.4 Å². The number of carbonyl (C=O) groups is 2. The largest absolute Gasteiger partial charge is 0.487 e. The molecular weight excluding hydrogens is 607 g/mol. The highest BCUT2D eigenvalue weighted by Gasteiger charge is 2.20. The van der Waals surface area contributed by atoms with Gasteiger partial charge in [-0.05, 0) is 48.9 Å². The maximum atomic E-state index is 12.6. The van der Waals surface area contributed by atoms with Crippen LogP contribution in [0.15, 0.2) is 79.0 Å². The number of aryl methyl sites for hydroxylation is 1. The second-order valence-corrected chi connectivity index (χ2v) is 10.9. The van der Waals surface area contributed by atoms with Crippen molar-refractivity contribution < 1.29 is 14.3 Å². The molecule has 0 saturated heterocycles. The summed E-state index contributed by atoms with van der Waals surface area (Å²) < 4.78 is 6.16. The van der Waals surface area contributed by atoms with Gasteiger partial charge in [0.1, 0.15) is 17.9 Å². The predicted molar refractivity (Wildman–Crippen MR) is 173 cm³/mol.